The fraction of sp³-hybridized carbons (Fsp3) is 0.667. The normalized spacial score (nSPS) is 20.6. The molecule has 1 N–H and O–H groups in total. The van der Waals surface area contributed by atoms with E-state index in [1.54, 1.807) is 0 Å². The first-order valence-electron chi connectivity index (χ1n) is 9.61. The van der Waals surface area contributed by atoms with Crippen LogP contribution in [0.3, 0.4) is 0 Å². The summed E-state index contributed by atoms with van der Waals surface area (Å²) in [5, 5.41) is 14.9. The molecule has 150 valence electrons. The van der Waals surface area contributed by atoms with E-state index in [0.717, 1.165) is 25.7 Å². The number of nitro benzene ring substituents is 1. The van der Waals surface area contributed by atoms with Gasteiger partial charge in [0.1, 0.15) is 5.69 Å². The third-order valence-corrected chi connectivity index (χ3v) is 7.13. The van der Waals surface area contributed by atoms with Gasteiger partial charge in [0.15, 0.2) is 0 Å². The number of ether oxygens (including phenoxy) is 1. The monoisotopic (exact) mass is 397 g/mol. The van der Waals surface area contributed by atoms with Gasteiger partial charge in [-0.25, -0.2) is 8.42 Å². The summed E-state index contributed by atoms with van der Waals surface area (Å²) in [5.41, 5.74) is 0.206. The zero-order chi connectivity index (χ0) is 19.3. The molecule has 8 nitrogen and oxygen atoms in total. The average Bonchev–Trinajstić information content (AvgIpc) is 2.64. The molecule has 1 saturated carbocycles. The first kappa shape index (κ1) is 20.0. The molecule has 0 amide bonds. The van der Waals surface area contributed by atoms with Gasteiger partial charge in [-0.1, -0.05) is 32.1 Å². The van der Waals surface area contributed by atoms with Crippen molar-refractivity contribution in [3.8, 4) is 0 Å². The van der Waals surface area contributed by atoms with E-state index in [0.29, 0.717) is 18.9 Å². The molecule has 0 spiro atoms. The lowest BCUT2D eigenvalue weighted by molar-refractivity contribution is -0.384. The summed E-state index contributed by atoms with van der Waals surface area (Å²) in [7, 11) is -3.76. The molecule has 1 aliphatic heterocycles. The summed E-state index contributed by atoms with van der Waals surface area (Å²) in [6.07, 6.45) is 7.80. The van der Waals surface area contributed by atoms with Crippen molar-refractivity contribution in [2.24, 2.45) is 0 Å². The van der Waals surface area contributed by atoms with Crippen molar-refractivity contribution in [3.63, 3.8) is 0 Å². The van der Waals surface area contributed by atoms with E-state index in [-0.39, 0.29) is 29.7 Å². The number of hydrogen-bond acceptors (Lipinski definition) is 6. The van der Waals surface area contributed by atoms with E-state index in [1.807, 2.05) is 0 Å². The minimum atomic E-state index is -3.76. The Kier molecular flexibility index (Phi) is 6.67. The molecule has 1 aromatic carbocycles. The highest BCUT2D eigenvalue weighted by Crippen LogP contribution is 2.31. The second-order valence-corrected chi connectivity index (χ2v) is 9.08. The molecule has 2 fully saturated rings. The first-order chi connectivity index (χ1) is 13.0. The maximum absolute atomic E-state index is 12.8. The number of anilines is 1. The zero-order valence-corrected chi connectivity index (χ0v) is 16.2. The van der Waals surface area contributed by atoms with E-state index < -0.39 is 14.9 Å². The van der Waals surface area contributed by atoms with Gasteiger partial charge in [-0.05, 0) is 25.0 Å². The Hall–Kier alpha value is -1.71. The van der Waals surface area contributed by atoms with Crippen molar-refractivity contribution in [1.29, 1.82) is 0 Å². The Labute approximate surface area is 160 Å². The molecular formula is C18H27N3O5S. The third kappa shape index (κ3) is 4.97. The van der Waals surface area contributed by atoms with E-state index in [1.165, 1.54) is 41.8 Å². The fourth-order valence-corrected chi connectivity index (χ4v) is 5.13. The molecule has 2 aliphatic rings. The lowest BCUT2D eigenvalue weighted by atomic mass is 9.96. The summed E-state index contributed by atoms with van der Waals surface area (Å²) in [6.45, 7) is 1.20. The molecule has 0 unspecified atom stereocenters. The molecule has 9 heteroatoms. The Bertz CT molecular complexity index is 754. The first-order valence-corrected chi connectivity index (χ1v) is 11.1. The van der Waals surface area contributed by atoms with Gasteiger partial charge in [0.25, 0.3) is 5.69 Å². The van der Waals surface area contributed by atoms with Crippen LogP contribution in [-0.2, 0) is 14.8 Å². The lowest BCUT2D eigenvalue weighted by Gasteiger charge is -2.26. The smallest absolute Gasteiger partial charge is 0.293 e. The number of nitrogens with one attached hydrogen (secondary N) is 1. The van der Waals surface area contributed by atoms with Crippen molar-refractivity contribution in [1.82, 2.24) is 4.31 Å². The van der Waals surface area contributed by atoms with Crippen LogP contribution in [0.5, 0.6) is 0 Å². The van der Waals surface area contributed by atoms with Gasteiger partial charge in [-0.15, -0.1) is 0 Å². The molecule has 0 atom stereocenters. The van der Waals surface area contributed by atoms with E-state index in [9.17, 15) is 18.5 Å². The molecule has 1 saturated heterocycles. The number of morpholine rings is 1. The predicted octanol–water partition coefficient (Wildman–Crippen LogP) is 3.14. The summed E-state index contributed by atoms with van der Waals surface area (Å²) in [4.78, 5) is 11.0. The van der Waals surface area contributed by atoms with Crippen molar-refractivity contribution >= 4 is 21.4 Å². The van der Waals surface area contributed by atoms with E-state index in [2.05, 4.69) is 5.32 Å². The van der Waals surface area contributed by atoms with Crippen LogP contribution in [-0.4, -0.2) is 50.0 Å². The molecule has 0 radical (unpaired) electrons. The van der Waals surface area contributed by atoms with Crippen LogP contribution >= 0.6 is 0 Å². The van der Waals surface area contributed by atoms with Crippen LogP contribution in [0.2, 0.25) is 0 Å². The molecule has 27 heavy (non-hydrogen) atoms. The molecular weight excluding hydrogens is 370 g/mol. The number of hydrogen-bond donors (Lipinski definition) is 1. The van der Waals surface area contributed by atoms with Crippen LogP contribution in [0.1, 0.15) is 44.9 Å². The number of benzene rings is 1. The molecule has 0 aromatic heterocycles. The molecule has 1 heterocycles. The Morgan fingerprint density at radius 1 is 1.07 bits per heavy atom. The highest BCUT2D eigenvalue weighted by atomic mass is 32.2. The van der Waals surface area contributed by atoms with Crippen LogP contribution in [0.15, 0.2) is 23.1 Å². The largest absolute Gasteiger partial charge is 0.379 e. The maximum atomic E-state index is 12.8. The van der Waals surface area contributed by atoms with Crippen molar-refractivity contribution < 1.29 is 18.1 Å². The van der Waals surface area contributed by atoms with Crippen LogP contribution in [0, 0.1) is 10.1 Å². The van der Waals surface area contributed by atoms with Gasteiger partial charge in [0, 0.05) is 25.2 Å². The highest BCUT2D eigenvalue weighted by Gasteiger charge is 2.29. The van der Waals surface area contributed by atoms with Crippen LogP contribution in [0.4, 0.5) is 11.4 Å². The van der Waals surface area contributed by atoms with Crippen LogP contribution < -0.4 is 5.32 Å². The van der Waals surface area contributed by atoms with Crippen molar-refractivity contribution in [3.05, 3.63) is 28.3 Å². The molecule has 1 aromatic rings. The van der Waals surface area contributed by atoms with Gasteiger partial charge in [0.2, 0.25) is 10.0 Å². The number of sulfonamides is 1. The second-order valence-electron chi connectivity index (χ2n) is 7.14. The summed E-state index contributed by atoms with van der Waals surface area (Å²) in [5.74, 6) is 0. The predicted molar refractivity (Wildman–Crippen MR) is 102 cm³/mol. The lowest BCUT2D eigenvalue weighted by Crippen LogP contribution is -2.40. The van der Waals surface area contributed by atoms with E-state index in [4.69, 9.17) is 4.74 Å². The van der Waals surface area contributed by atoms with Crippen LogP contribution in [0.25, 0.3) is 0 Å². The Morgan fingerprint density at radius 2 is 1.70 bits per heavy atom. The summed E-state index contributed by atoms with van der Waals surface area (Å²) in [6, 6.07) is 4.36. The minimum Gasteiger partial charge on any atom is -0.379 e. The summed E-state index contributed by atoms with van der Waals surface area (Å²) < 4.78 is 32.1. The molecule has 1 aliphatic carbocycles. The second kappa shape index (κ2) is 8.99. The topological polar surface area (TPSA) is 102 Å². The van der Waals surface area contributed by atoms with Crippen molar-refractivity contribution in [2.75, 3.05) is 31.6 Å². The third-order valence-electron chi connectivity index (χ3n) is 5.24. The van der Waals surface area contributed by atoms with Gasteiger partial charge in [-0.3, -0.25) is 10.1 Å². The highest BCUT2D eigenvalue weighted by molar-refractivity contribution is 7.89. The molecule has 3 rings (SSSR count). The number of nitrogens with zero attached hydrogens (tertiary/aromatic N) is 2. The van der Waals surface area contributed by atoms with Gasteiger partial charge < -0.3 is 10.1 Å². The van der Waals surface area contributed by atoms with Gasteiger partial charge in [-0.2, -0.15) is 4.31 Å². The standard InChI is InChI=1S/C18H27N3O5S/c22-21(23)18-14-16(27(24,25)20-10-12-26-13-11-20)8-9-17(18)19-15-6-4-2-1-3-5-7-15/h8-9,14-15,19H,1-7,10-13H2. The van der Waals surface area contributed by atoms with Gasteiger partial charge >= 0.3 is 0 Å². The van der Waals surface area contributed by atoms with Gasteiger partial charge in [0.05, 0.1) is 23.0 Å². The minimum absolute atomic E-state index is 0.0423. The SMILES string of the molecule is O=[N+]([O-])c1cc(S(=O)(=O)N2CCOCC2)ccc1NC1CCCCCCC1. The van der Waals surface area contributed by atoms with E-state index >= 15 is 0 Å². The number of nitro groups is 1. The quantitative estimate of drug-likeness (QED) is 0.605. The Balaban J connectivity index is 1.82. The summed E-state index contributed by atoms with van der Waals surface area (Å²) >= 11 is 0. The molecule has 0 bridgehead atoms. The maximum Gasteiger partial charge on any atom is 0.293 e. The zero-order valence-electron chi connectivity index (χ0n) is 15.4. The fourth-order valence-electron chi connectivity index (χ4n) is 3.70. The average molecular weight is 397 g/mol. The number of rotatable bonds is 5. The van der Waals surface area contributed by atoms with Crippen molar-refractivity contribution in [2.45, 2.75) is 55.9 Å². The Morgan fingerprint density at radius 3 is 2.33 bits per heavy atom.